The summed E-state index contributed by atoms with van der Waals surface area (Å²) in [6, 6.07) is 0. The lowest BCUT2D eigenvalue weighted by atomic mass is 9.33. The third-order valence-electron chi connectivity index (χ3n) is 21.0. The molecule has 0 aromatic rings. The molecule has 4 heterocycles. The van der Waals surface area contributed by atoms with Crippen molar-refractivity contribution in [2.75, 3.05) is 13.2 Å². The third-order valence-corrected chi connectivity index (χ3v) is 21.0. The molecular formula is C53H86O21. The van der Waals surface area contributed by atoms with Crippen LogP contribution in [0.1, 0.15) is 120 Å². The van der Waals surface area contributed by atoms with Crippen LogP contribution in [0.25, 0.3) is 0 Å². The maximum atomic E-state index is 13.3. The van der Waals surface area contributed by atoms with E-state index >= 15 is 0 Å². The fourth-order valence-corrected chi connectivity index (χ4v) is 16.3. The molecule has 5 aliphatic carbocycles. The van der Waals surface area contributed by atoms with E-state index in [0.717, 1.165) is 32.1 Å². The van der Waals surface area contributed by atoms with Crippen molar-refractivity contribution in [2.45, 2.75) is 249 Å². The predicted octanol–water partition coefficient (Wildman–Crippen LogP) is 0.196. The molecule has 21 heteroatoms. The molecule has 0 aromatic carbocycles. The average molecular weight is 1060 g/mol. The number of hydrogen-bond acceptors (Lipinski definition) is 20. The molecule has 21 nitrogen and oxygen atoms in total. The summed E-state index contributed by atoms with van der Waals surface area (Å²) in [7, 11) is 0. The van der Waals surface area contributed by atoms with Crippen molar-refractivity contribution < 1.29 is 104 Å². The van der Waals surface area contributed by atoms with Crippen LogP contribution >= 0.6 is 0 Å². The number of carboxylic acids is 1. The van der Waals surface area contributed by atoms with Crippen molar-refractivity contribution in [3.8, 4) is 0 Å². The van der Waals surface area contributed by atoms with Crippen molar-refractivity contribution in [1.29, 1.82) is 0 Å². The SMILES string of the molecule is CC1OC(OC2C(C)OC(OC3C(O)C(COC4OCC(O)C(O)C4O)OC(OC4CCC5(C)C(CCC6(C)C5CC=C5C7CC(C)(C)CCC7(C(=O)O)C(O)CC56C)C4(C)C)C3O)C(O)C2O)C(O)C(O)C1O. The molecule has 424 valence electrons. The zero-order valence-corrected chi connectivity index (χ0v) is 44.3. The number of aliphatic carboxylic acids is 1. The van der Waals surface area contributed by atoms with Gasteiger partial charge in [-0.25, -0.2) is 0 Å². The summed E-state index contributed by atoms with van der Waals surface area (Å²) in [6.45, 7) is 17.8. The van der Waals surface area contributed by atoms with Gasteiger partial charge in [-0.15, -0.1) is 0 Å². The molecule has 4 aliphatic heterocycles. The van der Waals surface area contributed by atoms with E-state index in [1.807, 2.05) is 0 Å². The predicted molar refractivity (Wildman–Crippen MR) is 256 cm³/mol. The van der Waals surface area contributed by atoms with Crippen LogP contribution in [0.4, 0.5) is 0 Å². The van der Waals surface area contributed by atoms with Crippen LogP contribution in [-0.2, 0) is 42.7 Å². The standard InChI is InChI=1S/C53H86O21/c1-22-32(56)35(59)38(62)44(69-22)73-41-23(2)70-45(39(63)36(41)60)74-42-34(58)27(21-68-43-37(61)33(57)26(54)20-67-43)71-46(40(42)64)72-31-13-14-50(7)28(49(31,5)6)12-15-51(8)29(50)11-10-24-25-18-48(3,4)16-17-53(25,47(65)66)30(55)19-52(24,51)9/h10,22-23,25-46,54-64H,11-21H2,1-9H3,(H,65,66). The minimum Gasteiger partial charge on any atom is -0.481 e. The molecule has 0 radical (unpaired) electrons. The lowest BCUT2D eigenvalue weighted by Gasteiger charge is -2.71. The highest BCUT2D eigenvalue weighted by Crippen LogP contribution is 2.76. The second-order valence-corrected chi connectivity index (χ2v) is 25.9. The number of fused-ring (bicyclic) bond motifs is 7. The molecule has 12 N–H and O–H groups in total. The van der Waals surface area contributed by atoms with Gasteiger partial charge in [0.25, 0.3) is 0 Å². The van der Waals surface area contributed by atoms with Crippen LogP contribution in [0.3, 0.4) is 0 Å². The number of aliphatic hydroxyl groups is 11. The molecule has 4 saturated carbocycles. The van der Waals surface area contributed by atoms with Gasteiger partial charge < -0.3 is 99.2 Å². The van der Waals surface area contributed by atoms with Crippen molar-refractivity contribution in [1.82, 2.24) is 0 Å². The number of hydrogen-bond donors (Lipinski definition) is 12. The molecule has 4 saturated heterocycles. The monoisotopic (exact) mass is 1060 g/mol. The van der Waals surface area contributed by atoms with Gasteiger partial charge in [0, 0.05) is 0 Å². The highest BCUT2D eigenvalue weighted by molar-refractivity contribution is 5.77. The van der Waals surface area contributed by atoms with Crippen molar-refractivity contribution >= 4 is 5.97 Å². The van der Waals surface area contributed by atoms with E-state index < -0.39 is 158 Å². The lowest BCUT2D eigenvalue weighted by Crippen LogP contribution is -2.68. The third kappa shape index (κ3) is 9.08. The van der Waals surface area contributed by atoms with Gasteiger partial charge in [-0.2, -0.15) is 0 Å². The Labute approximate surface area is 433 Å². The highest BCUT2D eigenvalue weighted by atomic mass is 16.8. The second kappa shape index (κ2) is 20.2. The Bertz CT molecular complexity index is 2060. The zero-order valence-electron chi connectivity index (χ0n) is 44.3. The Morgan fingerprint density at radius 3 is 1.92 bits per heavy atom. The fraction of sp³-hybridized carbons (Fsp3) is 0.943. The van der Waals surface area contributed by atoms with E-state index in [0.29, 0.717) is 25.7 Å². The highest BCUT2D eigenvalue weighted by Gasteiger charge is 2.72. The summed E-state index contributed by atoms with van der Waals surface area (Å²) in [5.41, 5.74) is -1.58. The molecule has 0 spiro atoms. The lowest BCUT2D eigenvalue weighted by molar-refractivity contribution is -0.382. The van der Waals surface area contributed by atoms with Crippen LogP contribution in [0, 0.1) is 50.2 Å². The molecule has 8 fully saturated rings. The van der Waals surface area contributed by atoms with Gasteiger partial charge in [-0.3, -0.25) is 4.79 Å². The topological polar surface area (TPSA) is 334 Å². The number of carbonyl (C=O) groups is 1. The maximum absolute atomic E-state index is 13.3. The molecule has 28 atom stereocenters. The summed E-state index contributed by atoms with van der Waals surface area (Å²) >= 11 is 0. The number of aliphatic hydroxyl groups excluding tert-OH is 11. The van der Waals surface area contributed by atoms with Gasteiger partial charge in [0.2, 0.25) is 0 Å². The van der Waals surface area contributed by atoms with Crippen LogP contribution < -0.4 is 0 Å². The van der Waals surface area contributed by atoms with Crippen molar-refractivity contribution in [3.63, 3.8) is 0 Å². The Balaban J connectivity index is 0.944. The summed E-state index contributed by atoms with van der Waals surface area (Å²) < 4.78 is 48.1. The normalized spacial score (nSPS) is 55.2. The Hall–Kier alpha value is -1.55. The molecule has 9 rings (SSSR count). The van der Waals surface area contributed by atoms with Gasteiger partial charge in [0.1, 0.15) is 84.8 Å². The summed E-state index contributed by atoms with van der Waals surface area (Å²) in [4.78, 5) is 13.3. The molecule has 0 bridgehead atoms. The van der Waals surface area contributed by atoms with Crippen molar-refractivity contribution in [3.05, 3.63) is 11.6 Å². The first-order valence-electron chi connectivity index (χ1n) is 27.0. The molecule has 74 heavy (non-hydrogen) atoms. The van der Waals surface area contributed by atoms with Gasteiger partial charge in [0.05, 0.1) is 37.6 Å². The second-order valence-electron chi connectivity index (χ2n) is 25.9. The van der Waals surface area contributed by atoms with Crippen LogP contribution in [0.5, 0.6) is 0 Å². The van der Waals surface area contributed by atoms with Gasteiger partial charge in [0.15, 0.2) is 25.2 Å². The molecule has 9 aliphatic rings. The van der Waals surface area contributed by atoms with Crippen LogP contribution in [-0.4, -0.2) is 209 Å². The quantitative estimate of drug-likeness (QED) is 0.103. The first-order chi connectivity index (χ1) is 34.4. The number of ether oxygens (including phenoxy) is 8. The summed E-state index contributed by atoms with van der Waals surface area (Å²) in [5.74, 6) is -0.910. The average Bonchev–Trinajstić information content (AvgIpc) is 3.32. The summed E-state index contributed by atoms with van der Waals surface area (Å²) in [6.07, 6.45) is -22.4. The Morgan fingerprint density at radius 2 is 1.24 bits per heavy atom. The molecule has 0 aromatic heterocycles. The van der Waals surface area contributed by atoms with Gasteiger partial charge >= 0.3 is 5.97 Å². The van der Waals surface area contributed by atoms with Crippen LogP contribution in [0.2, 0.25) is 0 Å². The first kappa shape index (κ1) is 57.1. The fourth-order valence-electron chi connectivity index (χ4n) is 16.3. The van der Waals surface area contributed by atoms with E-state index in [4.69, 9.17) is 37.9 Å². The minimum atomic E-state index is -1.88. The Kier molecular flexibility index (Phi) is 15.6. The number of rotatable bonds is 10. The van der Waals surface area contributed by atoms with E-state index in [-0.39, 0.29) is 40.6 Å². The minimum absolute atomic E-state index is 0.0700. The maximum Gasteiger partial charge on any atom is 0.312 e. The Morgan fingerprint density at radius 1 is 0.622 bits per heavy atom. The number of allylic oxidation sites excluding steroid dienone is 2. The van der Waals surface area contributed by atoms with Crippen LogP contribution in [0.15, 0.2) is 11.6 Å². The van der Waals surface area contributed by atoms with Crippen molar-refractivity contribution in [2.24, 2.45) is 50.2 Å². The summed E-state index contributed by atoms with van der Waals surface area (Å²) in [5, 5.41) is 132. The molecule has 0 amide bonds. The molecule has 28 unspecified atom stereocenters. The molecular weight excluding hydrogens is 973 g/mol. The van der Waals surface area contributed by atoms with E-state index in [1.165, 1.54) is 19.4 Å². The van der Waals surface area contributed by atoms with Gasteiger partial charge in [-0.05, 0) is 116 Å². The number of carboxylic acid groups (broad SMARTS) is 1. The zero-order chi connectivity index (χ0) is 54.2. The first-order valence-corrected chi connectivity index (χ1v) is 27.0. The van der Waals surface area contributed by atoms with E-state index in [9.17, 15) is 66.1 Å². The largest absolute Gasteiger partial charge is 0.481 e. The van der Waals surface area contributed by atoms with Gasteiger partial charge in [-0.1, -0.05) is 60.1 Å². The van der Waals surface area contributed by atoms with E-state index in [1.54, 1.807) is 0 Å². The smallest absolute Gasteiger partial charge is 0.312 e. The van der Waals surface area contributed by atoms with E-state index in [2.05, 4.69) is 54.5 Å².